The number of nitrogens with one attached hydrogen (secondary N) is 1. The lowest BCUT2D eigenvalue weighted by Gasteiger charge is -2.06. The zero-order valence-electron chi connectivity index (χ0n) is 15.9. The van der Waals surface area contributed by atoms with E-state index in [0.29, 0.717) is 23.4 Å². The minimum atomic E-state index is -3.73. The predicted molar refractivity (Wildman–Crippen MR) is 112 cm³/mol. The van der Waals surface area contributed by atoms with Crippen LogP contribution in [0, 0.1) is 6.92 Å². The van der Waals surface area contributed by atoms with Crippen LogP contribution in [0.2, 0.25) is 0 Å². The second-order valence-corrected chi connectivity index (χ2v) is 8.58. The van der Waals surface area contributed by atoms with E-state index in [4.69, 9.17) is 4.98 Å². The number of aromatic nitrogens is 3. The third kappa shape index (κ3) is 3.45. The zero-order valence-corrected chi connectivity index (χ0v) is 16.7. The molecule has 0 radical (unpaired) electrons. The average molecular weight is 395 g/mol. The van der Waals surface area contributed by atoms with Crippen molar-refractivity contribution in [2.45, 2.75) is 38.1 Å². The first-order chi connectivity index (χ1) is 13.5. The van der Waals surface area contributed by atoms with Gasteiger partial charge in [-0.25, -0.2) is 18.1 Å². The predicted octanol–water partition coefficient (Wildman–Crippen LogP) is 4.49. The minimum Gasteiger partial charge on any atom is -0.261 e. The van der Waals surface area contributed by atoms with E-state index in [1.165, 1.54) is 0 Å². The lowest BCUT2D eigenvalue weighted by atomic mass is 10.1. The van der Waals surface area contributed by atoms with Crippen molar-refractivity contribution >= 4 is 37.8 Å². The summed E-state index contributed by atoms with van der Waals surface area (Å²) in [5.74, 6) is 0.310. The Morgan fingerprint density at radius 3 is 2.61 bits per heavy atom. The van der Waals surface area contributed by atoms with Crippen molar-refractivity contribution in [1.29, 1.82) is 0 Å². The summed E-state index contributed by atoms with van der Waals surface area (Å²) in [7, 11) is -3.73. The first-order valence-electron chi connectivity index (χ1n) is 9.34. The first kappa shape index (κ1) is 18.4. The standard InChI is InChI=1S/C21H22N4O2S/c1-3-4-12-25-21-18(14-16-11-10-15(2)13-19(16)22-21)20(23-25)24-28(26,27)17-8-6-5-7-9-17/h5-11,13-14H,3-4,12H2,1-2H3,(H,23,24). The number of benzene rings is 2. The van der Waals surface area contributed by atoms with Crippen LogP contribution in [-0.4, -0.2) is 23.2 Å². The fraction of sp³-hybridized carbons (Fsp3) is 0.238. The van der Waals surface area contributed by atoms with Crippen molar-refractivity contribution in [3.05, 3.63) is 60.2 Å². The molecule has 0 saturated carbocycles. The van der Waals surface area contributed by atoms with Gasteiger partial charge in [0.1, 0.15) is 0 Å². The lowest BCUT2D eigenvalue weighted by molar-refractivity contribution is 0.584. The third-order valence-electron chi connectivity index (χ3n) is 4.68. The smallest absolute Gasteiger partial charge is 0.261 e. The van der Waals surface area contributed by atoms with Crippen LogP contribution in [0.15, 0.2) is 59.5 Å². The van der Waals surface area contributed by atoms with Gasteiger partial charge in [0.15, 0.2) is 11.5 Å². The summed E-state index contributed by atoms with van der Waals surface area (Å²) in [4.78, 5) is 4.98. The molecule has 0 spiro atoms. The second kappa shape index (κ2) is 7.24. The molecule has 7 heteroatoms. The lowest BCUT2D eigenvalue weighted by Crippen LogP contribution is -2.13. The molecule has 1 N–H and O–H groups in total. The Morgan fingerprint density at radius 1 is 1.07 bits per heavy atom. The number of sulfonamides is 1. The first-order valence-corrected chi connectivity index (χ1v) is 10.8. The maximum absolute atomic E-state index is 12.8. The summed E-state index contributed by atoms with van der Waals surface area (Å²) in [6.07, 6.45) is 1.95. The number of hydrogen-bond acceptors (Lipinski definition) is 4. The molecule has 0 unspecified atom stereocenters. The van der Waals surface area contributed by atoms with Crippen molar-refractivity contribution in [2.75, 3.05) is 4.72 Å². The summed E-state index contributed by atoms with van der Waals surface area (Å²) in [6, 6.07) is 16.3. The van der Waals surface area contributed by atoms with Crippen molar-refractivity contribution in [3.63, 3.8) is 0 Å². The number of unbranched alkanes of at least 4 members (excludes halogenated alkanes) is 1. The SMILES string of the molecule is CCCCn1nc(NS(=O)(=O)c2ccccc2)c2cc3ccc(C)cc3nc21. The molecular formula is C21H22N4O2S. The monoisotopic (exact) mass is 394 g/mol. The van der Waals surface area contributed by atoms with E-state index in [1.807, 2.05) is 31.2 Å². The van der Waals surface area contributed by atoms with Crippen LogP contribution in [0.4, 0.5) is 5.82 Å². The molecule has 0 aliphatic rings. The number of aryl methyl sites for hydroxylation is 2. The zero-order chi connectivity index (χ0) is 19.7. The van der Waals surface area contributed by atoms with Crippen LogP contribution in [0.5, 0.6) is 0 Å². The number of rotatable bonds is 6. The summed E-state index contributed by atoms with van der Waals surface area (Å²) < 4.78 is 30.0. The van der Waals surface area contributed by atoms with Crippen LogP contribution in [-0.2, 0) is 16.6 Å². The molecule has 2 aromatic carbocycles. The molecule has 0 fully saturated rings. The van der Waals surface area contributed by atoms with E-state index in [9.17, 15) is 8.42 Å². The molecule has 0 aliphatic carbocycles. The molecule has 2 heterocycles. The molecule has 2 aromatic heterocycles. The van der Waals surface area contributed by atoms with E-state index < -0.39 is 10.0 Å². The highest BCUT2D eigenvalue weighted by atomic mass is 32.2. The number of fused-ring (bicyclic) bond motifs is 2. The summed E-state index contributed by atoms with van der Waals surface area (Å²) in [6.45, 7) is 4.82. The van der Waals surface area contributed by atoms with Gasteiger partial charge in [-0.2, -0.15) is 5.10 Å². The summed E-state index contributed by atoms with van der Waals surface area (Å²) >= 11 is 0. The van der Waals surface area contributed by atoms with Crippen molar-refractivity contribution in [3.8, 4) is 0 Å². The van der Waals surface area contributed by atoms with Crippen LogP contribution in [0.3, 0.4) is 0 Å². The number of anilines is 1. The van der Waals surface area contributed by atoms with Crippen molar-refractivity contribution in [1.82, 2.24) is 14.8 Å². The second-order valence-electron chi connectivity index (χ2n) is 6.90. The minimum absolute atomic E-state index is 0.204. The Balaban J connectivity index is 1.86. The Labute approximate surface area is 164 Å². The topological polar surface area (TPSA) is 76.9 Å². The van der Waals surface area contributed by atoms with Gasteiger partial charge in [-0.3, -0.25) is 4.72 Å². The molecule has 0 bridgehead atoms. The Kier molecular flexibility index (Phi) is 4.77. The highest BCUT2D eigenvalue weighted by molar-refractivity contribution is 7.92. The normalized spacial score (nSPS) is 11.9. The van der Waals surface area contributed by atoms with Gasteiger partial charge in [0.25, 0.3) is 10.0 Å². The molecule has 28 heavy (non-hydrogen) atoms. The quantitative estimate of drug-likeness (QED) is 0.523. The van der Waals surface area contributed by atoms with Gasteiger partial charge in [-0.05, 0) is 43.2 Å². The molecule has 144 valence electrons. The molecule has 0 aliphatic heterocycles. The maximum Gasteiger partial charge on any atom is 0.263 e. The fourth-order valence-corrected chi connectivity index (χ4v) is 4.22. The van der Waals surface area contributed by atoms with Gasteiger partial charge in [-0.15, -0.1) is 0 Å². The number of pyridine rings is 1. The highest BCUT2D eigenvalue weighted by Gasteiger charge is 2.20. The average Bonchev–Trinajstić information content (AvgIpc) is 3.01. The number of nitrogens with zero attached hydrogens (tertiary/aromatic N) is 3. The molecular weight excluding hydrogens is 372 g/mol. The van der Waals surface area contributed by atoms with Crippen LogP contribution in [0.1, 0.15) is 25.3 Å². The van der Waals surface area contributed by atoms with Gasteiger partial charge < -0.3 is 0 Å². The Bertz CT molecular complexity index is 1250. The summed E-state index contributed by atoms with van der Waals surface area (Å²) in [5, 5.41) is 6.20. The van der Waals surface area contributed by atoms with Crippen LogP contribution >= 0.6 is 0 Å². The molecule has 4 aromatic rings. The van der Waals surface area contributed by atoms with Crippen LogP contribution in [0.25, 0.3) is 21.9 Å². The number of hydrogen-bond donors (Lipinski definition) is 1. The Morgan fingerprint density at radius 2 is 1.86 bits per heavy atom. The Hall–Kier alpha value is -2.93. The van der Waals surface area contributed by atoms with Gasteiger partial charge in [0.05, 0.1) is 15.8 Å². The van der Waals surface area contributed by atoms with Gasteiger partial charge in [0.2, 0.25) is 0 Å². The fourth-order valence-electron chi connectivity index (χ4n) is 3.18. The molecule has 0 atom stereocenters. The third-order valence-corrected chi connectivity index (χ3v) is 6.04. The maximum atomic E-state index is 12.8. The van der Waals surface area contributed by atoms with Crippen LogP contribution < -0.4 is 4.72 Å². The van der Waals surface area contributed by atoms with E-state index in [-0.39, 0.29) is 4.90 Å². The largest absolute Gasteiger partial charge is 0.263 e. The van der Waals surface area contributed by atoms with E-state index in [0.717, 1.165) is 29.3 Å². The van der Waals surface area contributed by atoms with E-state index >= 15 is 0 Å². The summed E-state index contributed by atoms with van der Waals surface area (Å²) in [5.41, 5.74) is 2.70. The molecule has 0 amide bonds. The molecule has 4 rings (SSSR count). The van der Waals surface area contributed by atoms with Crippen molar-refractivity contribution in [2.24, 2.45) is 0 Å². The molecule has 6 nitrogen and oxygen atoms in total. The van der Waals surface area contributed by atoms with E-state index in [1.54, 1.807) is 35.0 Å². The van der Waals surface area contributed by atoms with Gasteiger partial charge >= 0.3 is 0 Å². The van der Waals surface area contributed by atoms with Gasteiger partial charge in [0, 0.05) is 11.9 Å². The van der Waals surface area contributed by atoms with Gasteiger partial charge in [-0.1, -0.05) is 43.7 Å². The van der Waals surface area contributed by atoms with Crippen molar-refractivity contribution < 1.29 is 8.42 Å². The molecule has 0 saturated heterocycles. The van der Waals surface area contributed by atoms with E-state index in [2.05, 4.69) is 16.7 Å². The highest BCUT2D eigenvalue weighted by Crippen LogP contribution is 2.28.